The maximum atomic E-state index is 8.67. The first kappa shape index (κ1) is 81.9. The van der Waals surface area contributed by atoms with Gasteiger partial charge in [-0.05, 0) is 83.9 Å². The topological polar surface area (TPSA) is 194 Å². The molecule has 0 saturated heterocycles. The number of aliphatic hydroxyl groups is 2. The number of rotatable bonds is 35. The quantitative estimate of drug-likeness (QED) is 0.0359. The maximum Gasteiger partial charge on any atom is 0.102 e. The normalized spacial score (nSPS) is 10.2. The minimum atomic E-state index is -0.00372. The van der Waals surface area contributed by atoms with Crippen molar-refractivity contribution in [3.05, 3.63) is 0 Å². The molecule has 0 radical (unpaired) electrons. The van der Waals surface area contributed by atoms with Gasteiger partial charge in [-0.15, -0.1) is 0 Å². The second-order valence-corrected chi connectivity index (χ2v) is 11.9. The molecule has 0 unspecified atom stereocenters. The van der Waals surface area contributed by atoms with Crippen LogP contribution in [-0.2, 0) is 37.9 Å². The lowest BCUT2D eigenvalue weighted by molar-refractivity contribution is -0.0995. The number of nitrogens with one attached hydrogen (secondary N) is 5. The van der Waals surface area contributed by atoms with Gasteiger partial charge in [0.05, 0.1) is 40.4 Å². The maximum absolute atomic E-state index is 8.67. The molecule has 21 heteroatoms. The second kappa shape index (κ2) is 71.7. The van der Waals surface area contributed by atoms with Gasteiger partial charge in [0.25, 0.3) is 0 Å². The lowest BCUT2D eigenvalue weighted by Crippen LogP contribution is -2.33. The van der Waals surface area contributed by atoms with Crippen molar-refractivity contribution in [2.45, 2.75) is 64.3 Å². The summed E-state index contributed by atoms with van der Waals surface area (Å²) in [6.07, 6.45) is 2.25. The molecule has 7 N–H and O–H groups in total. The van der Waals surface area contributed by atoms with Gasteiger partial charge in [-0.2, -0.15) is 0 Å². The van der Waals surface area contributed by atoms with E-state index in [1.165, 1.54) is 0 Å². The van der Waals surface area contributed by atoms with E-state index in [4.69, 9.17) is 48.1 Å². The minimum absolute atomic E-state index is 0. The molecule has 0 aliphatic carbocycles. The zero-order valence-corrected chi connectivity index (χ0v) is 35.5. The average Bonchev–Trinajstić information content (AvgIpc) is 3.14. The highest BCUT2D eigenvalue weighted by Crippen LogP contribution is 1.93. The van der Waals surface area contributed by atoms with Crippen LogP contribution in [0, 0.1) is 0 Å². The largest absolute Gasteiger partial charge is 0.381 e. The van der Waals surface area contributed by atoms with Crippen molar-refractivity contribution in [3.8, 4) is 0 Å². The molecule has 0 spiro atoms. The zero-order chi connectivity index (χ0) is 40.8. The van der Waals surface area contributed by atoms with Gasteiger partial charge in [0.1, 0.15) is 74.0 Å². The van der Waals surface area contributed by atoms with E-state index in [2.05, 4.69) is 33.5 Å². The van der Waals surface area contributed by atoms with Crippen molar-refractivity contribution in [1.29, 1.82) is 0 Å². The lowest BCUT2D eigenvalue weighted by atomic mass is 10.4. The van der Waals surface area contributed by atoms with Crippen LogP contribution in [0.3, 0.4) is 0 Å². The standard InChI is InChI=1S/C15H36N4O4.C8H21N3O3.C7H19N3O3.C2H7N.6CH4/c1-6-7-8-20-10-17(3)12-22-14-19(5)15-23-13-18(4)11-21-9-16-2;1-9-4-13-7-11(3)8-14-6-10(2)5-12;1-8-3-12-4-9-5-13-7-10(2)6-11;1-3-2;;;;;;/h16H,6-15H2,1-5H3;9,12H,4-8H2,1-3H3;8-9,11H,3-7H2,1-2H3;3H,1-2H3;6*1H4. The smallest absolute Gasteiger partial charge is 0.102 e. The number of ether oxygens (including phenoxy) is 8. The fourth-order valence-electron chi connectivity index (χ4n) is 2.90. The second-order valence-electron chi connectivity index (χ2n) is 11.9. The van der Waals surface area contributed by atoms with Crippen molar-refractivity contribution in [2.24, 2.45) is 0 Å². The van der Waals surface area contributed by atoms with Gasteiger partial charge in [0, 0.05) is 6.61 Å². The zero-order valence-electron chi connectivity index (χ0n) is 35.5. The summed E-state index contributed by atoms with van der Waals surface area (Å²) in [6, 6.07) is 0. The molecule has 0 aromatic heterocycles. The van der Waals surface area contributed by atoms with E-state index in [0.717, 1.165) is 19.4 Å². The van der Waals surface area contributed by atoms with Crippen LogP contribution in [0.25, 0.3) is 0 Å². The minimum Gasteiger partial charge on any atom is -0.381 e. The van der Waals surface area contributed by atoms with Gasteiger partial charge in [-0.1, -0.05) is 57.9 Å². The highest BCUT2D eigenvalue weighted by Gasteiger charge is 2.04. The molecule has 0 aliphatic rings. The van der Waals surface area contributed by atoms with Crippen molar-refractivity contribution in [3.63, 3.8) is 0 Å². The summed E-state index contributed by atoms with van der Waals surface area (Å²) in [5.74, 6) is 0. The first-order valence-corrected chi connectivity index (χ1v) is 17.7. The summed E-state index contributed by atoms with van der Waals surface area (Å²) in [5.41, 5.74) is 0. The van der Waals surface area contributed by atoms with Crippen LogP contribution in [0.5, 0.6) is 0 Å². The first-order chi connectivity index (χ1) is 25.5. The molecular formula is C38H107N11O10. The number of aliphatic hydroxyl groups excluding tert-OH is 2. The predicted octanol–water partition coefficient (Wildman–Crippen LogP) is 1.64. The Balaban J connectivity index is -0.0000000733. The molecular weight excluding hydrogens is 770 g/mol. The molecule has 0 saturated carbocycles. The molecule has 59 heavy (non-hydrogen) atoms. The van der Waals surface area contributed by atoms with Crippen LogP contribution < -0.4 is 26.6 Å². The fourth-order valence-corrected chi connectivity index (χ4v) is 2.90. The molecule has 0 fully saturated rings. The molecule has 0 bridgehead atoms. The monoisotopic (exact) mass is 878 g/mol. The van der Waals surface area contributed by atoms with E-state index in [9.17, 15) is 0 Å². The van der Waals surface area contributed by atoms with Gasteiger partial charge in [-0.3, -0.25) is 50.7 Å². The molecule has 0 aromatic rings. The third kappa shape index (κ3) is 81.6. The first-order valence-electron chi connectivity index (χ1n) is 17.7. The summed E-state index contributed by atoms with van der Waals surface area (Å²) in [5, 5.41) is 31.6. The molecule has 0 atom stereocenters. The van der Waals surface area contributed by atoms with Crippen LogP contribution in [0.1, 0.15) is 64.3 Å². The Kier molecular flexibility index (Phi) is 99.5. The Morgan fingerprint density at radius 2 is 0.627 bits per heavy atom. The molecule has 0 aliphatic heterocycles. The number of unbranched alkanes of at least 4 members (excludes halogenated alkanes) is 1. The van der Waals surface area contributed by atoms with Crippen LogP contribution in [0.15, 0.2) is 0 Å². The van der Waals surface area contributed by atoms with E-state index in [1.807, 2.05) is 83.0 Å². The van der Waals surface area contributed by atoms with Crippen molar-refractivity contribution in [1.82, 2.24) is 56.0 Å². The van der Waals surface area contributed by atoms with Crippen LogP contribution in [0.4, 0.5) is 0 Å². The van der Waals surface area contributed by atoms with Gasteiger partial charge in [0.15, 0.2) is 0 Å². The summed E-state index contributed by atoms with van der Waals surface area (Å²) in [4.78, 5) is 11.1. The van der Waals surface area contributed by atoms with E-state index < -0.39 is 0 Å². The van der Waals surface area contributed by atoms with Crippen molar-refractivity contribution in [2.75, 3.05) is 199 Å². The van der Waals surface area contributed by atoms with E-state index in [0.29, 0.717) is 101 Å². The SMILES string of the molecule is C.C.C.C.C.C.CCCCOCN(C)COCN(C)COCN(C)COCNC.CNC.CNCOCN(C)COCN(C)CO.CNCOCNCOCN(C)CO. The van der Waals surface area contributed by atoms with Gasteiger partial charge in [-0.25, -0.2) is 0 Å². The third-order valence-corrected chi connectivity index (χ3v) is 5.39. The van der Waals surface area contributed by atoms with Crippen LogP contribution >= 0.6 is 0 Å². The molecule has 0 rings (SSSR count). The summed E-state index contributed by atoms with van der Waals surface area (Å²) in [6.45, 7) is 10.4. The molecule has 374 valence electrons. The number of hydrogen-bond acceptors (Lipinski definition) is 21. The highest BCUT2D eigenvalue weighted by atomic mass is 16.5. The Bertz CT molecular complexity index is 655. The Morgan fingerprint density at radius 3 is 0.949 bits per heavy atom. The molecule has 0 aromatic carbocycles. The van der Waals surface area contributed by atoms with Crippen molar-refractivity contribution < 1.29 is 48.1 Å². The van der Waals surface area contributed by atoms with E-state index in [-0.39, 0.29) is 58.0 Å². The molecule has 0 amide bonds. The lowest BCUT2D eigenvalue weighted by Gasteiger charge is -2.22. The van der Waals surface area contributed by atoms with Gasteiger partial charge >= 0.3 is 0 Å². The summed E-state index contributed by atoms with van der Waals surface area (Å²) < 4.78 is 42.6. The van der Waals surface area contributed by atoms with Gasteiger partial charge < -0.3 is 53.4 Å². The summed E-state index contributed by atoms with van der Waals surface area (Å²) in [7, 11) is 20.5. The van der Waals surface area contributed by atoms with E-state index in [1.54, 1.807) is 23.9 Å². The Hall–Kier alpha value is -0.840. The molecule has 21 nitrogen and oxygen atoms in total. The summed E-state index contributed by atoms with van der Waals surface area (Å²) >= 11 is 0. The van der Waals surface area contributed by atoms with Crippen LogP contribution in [0.2, 0.25) is 0 Å². The number of nitrogens with zero attached hydrogens (tertiary/aromatic N) is 6. The third-order valence-electron chi connectivity index (χ3n) is 5.39. The average molecular weight is 878 g/mol. The molecule has 0 heterocycles. The van der Waals surface area contributed by atoms with Crippen molar-refractivity contribution >= 4 is 0 Å². The van der Waals surface area contributed by atoms with Crippen LogP contribution in [-0.4, -0.2) is 238 Å². The van der Waals surface area contributed by atoms with E-state index >= 15 is 0 Å². The predicted molar refractivity (Wildman–Crippen MR) is 248 cm³/mol. The highest BCUT2D eigenvalue weighted by molar-refractivity contribution is 4.40. The Labute approximate surface area is 366 Å². The fraction of sp³-hybridized carbons (Fsp3) is 1.00. The van der Waals surface area contributed by atoms with Gasteiger partial charge in [0.2, 0.25) is 0 Å². The Morgan fingerprint density at radius 1 is 0.373 bits per heavy atom. The number of hydrogen-bond donors (Lipinski definition) is 7.